The first-order chi connectivity index (χ1) is 7.66. The van der Waals surface area contributed by atoms with Gasteiger partial charge in [0, 0.05) is 30.1 Å². The van der Waals surface area contributed by atoms with E-state index in [1.807, 2.05) is 10.6 Å². The molecule has 4 atom stereocenters. The van der Waals surface area contributed by atoms with Gasteiger partial charge in [-0.3, -0.25) is 10.1 Å². The van der Waals surface area contributed by atoms with E-state index in [0.717, 1.165) is 12.1 Å². The van der Waals surface area contributed by atoms with E-state index in [-0.39, 0.29) is 28.4 Å². The quantitative estimate of drug-likeness (QED) is 0.568. The summed E-state index contributed by atoms with van der Waals surface area (Å²) >= 11 is 12.4. The van der Waals surface area contributed by atoms with Gasteiger partial charge in [0.2, 0.25) is 0 Å². The van der Waals surface area contributed by atoms with Crippen LogP contribution in [0.5, 0.6) is 0 Å². The molecule has 0 spiro atoms. The molecule has 86 valence electrons. The Morgan fingerprint density at radius 2 is 2.12 bits per heavy atom. The molecule has 0 saturated carbocycles. The number of alkyl halides is 2. The van der Waals surface area contributed by atoms with E-state index in [0.29, 0.717) is 6.54 Å². The Hall–Kier alpha value is -0.510. The van der Waals surface area contributed by atoms with Crippen LogP contribution in [0, 0.1) is 5.92 Å². The van der Waals surface area contributed by atoms with Gasteiger partial charge >= 0.3 is 0 Å². The molecule has 4 unspecified atom stereocenters. The average molecular weight is 259 g/mol. The molecule has 2 bridgehead atoms. The van der Waals surface area contributed by atoms with Crippen LogP contribution in [0.15, 0.2) is 23.0 Å². The van der Waals surface area contributed by atoms with Crippen LogP contribution < -0.4 is 10.9 Å². The van der Waals surface area contributed by atoms with Crippen LogP contribution in [0.1, 0.15) is 18.0 Å². The first-order valence-corrected chi connectivity index (χ1v) is 6.28. The number of aromatic nitrogens is 1. The van der Waals surface area contributed by atoms with Crippen molar-refractivity contribution in [3.8, 4) is 0 Å². The molecule has 0 amide bonds. The normalized spacial score (nSPS) is 36.9. The van der Waals surface area contributed by atoms with Crippen molar-refractivity contribution in [2.45, 2.75) is 29.9 Å². The van der Waals surface area contributed by atoms with E-state index in [9.17, 15) is 4.79 Å². The lowest BCUT2D eigenvalue weighted by Crippen LogP contribution is -2.52. The summed E-state index contributed by atoms with van der Waals surface area (Å²) in [5.74, 6) is 0.471. The predicted molar refractivity (Wildman–Crippen MR) is 64.0 cm³/mol. The van der Waals surface area contributed by atoms with Gasteiger partial charge in [-0.15, -0.1) is 23.2 Å². The minimum Gasteiger partial charge on any atom is -0.312 e. The molecule has 3 rings (SSSR count). The fourth-order valence-corrected chi connectivity index (χ4v) is 3.45. The third-order valence-electron chi connectivity index (χ3n) is 3.52. The van der Waals surface area contributed by atoms with E-state index in [1.54, 1.807) is 12.1 Å². The number of rotatable bonds is 0. The molecule has 3 nitrogen and oxygen atoms in total. The molecule has 3 heterocycles. The van der Waals surface area contributed by atoms with Crippen LogP contribution in [0.4, 0.5) is 0 Å². The van der Waals surface area contributed by atoms with E-state index in [1.165, 1.54) is 0 Å². The lowest BCUT2D eigenvalue weighted by Gasteiger charge is -2.42. The Morgan fingerprint density at radius 1 is 1.31 bits per heavy atom. The van der Waals surface area contributed by atoms with Gasteiger partial charge in [0.1, 0.15) is 0 Å². The van der Waals surface area contributed by atoms with E-state index >= 15 is 0 Å². The van der Waals surface area contributed by atoms with Crippen LogP contribution in [-0.2, 0) is 6.54 Å². The molecule has 1 fully saturated rings. The third kappa shape index (κ3) is 1.50. The zero-order valence-corrected chi connectivity index (χ0v) is 10.1. The van der Waals surface area contributed by atoms with Crippen molar-refractivity contribution >= 4 is 23.2 Å². The van der Waals surface area contributed by atoms with Crippen LogP contribution >= 0.6 is 23.2 Å². The zero-order valence-electron chi connectivity index (χ0n) is 8.57. The molecule has 1 aromatic rings. The second-order valence-electron chi connectivity index (χ2n) is 4.47. The summed E-state index contributed by atoms with van der Waals surface area (Å²) in [5, 5.41) is 3.16. The summed E-state index contributed by atoms with van der Waals surface area (Å²) in [6, 6.07) is 5.36. The molecule has 1 saturated heterocycles. The van der Waals surface area contributed by atoms with Crippen molar-refractivity contribution in [3.05, 3.63) is 34.2 Å². The number of nitrogens with one attached hydrogen (secondary N) is 1. The lowest BCUT2D eigenvalue weighted by atomic mass is 9.84. The highest BCUT2D eigenvalue weighted by Gasteiger charge is 2.40. The number of fused-ring (bicyclic) bond motifs is 4. The maximum absolute atomic E-state index is 11.8. The van der Waals surface area contributed by atoms with Crippen molar-refractivity contribution in [3.63, 3.8) is 0 Å². The van der Waals surface area contributed by atoms with Crippen LogP contribution in [0.3, 0.4) is 0 Å². The molecule has 1 aromatic heterocycles. The minimum absolute atomic E-state index is 0.0434. The minimum atomic E-state index is -0.188. The zero-order chi connectivity index (χ0) is 11.3. The smallest absolute Gasteiger partial charge is 0.250 e. The Kier molecular flexibility index (Phi) is 2.50. The summed E-state index contributed by atoms with van der Waals surface area (Å²) in [4.78, 5) is 11.8. The summed E-state index contributed by atoms with van der Waals surface area (Å²) in [6.45, 7) is 0.691. The fraction of sp³-hybridized carbons (Fsp3) is 0.545. The topological polar surface area (TPSA) is 34.0 Å². The summed E-state index contributed by atoms with van der Waals surface area (Å²) in [6.07, 6.45) is 0.957. The maximum atomic E-state index is 11.8. The van der Waals surface area contributed by atoms with E-state index in [4.69, 9.17) is 23.2 Å². The Labute approximate surface area is 103 Å². The summed E-state index contributed by atoms with van der Waals surface area (Å²) in [5.41, 5.74) is 0.743. The number of piperidine rings is 1. The highest BCUT2D eigenvalue weighted by atomic mass is 35.5. The van der Waals surface area contributed by atoms with Crippen LogP contribution in [0.25, 0.3) is 0 Å². The third-order valence-corrected chi connectivity index (χ3v) is 4.44. The van der Waals surface area contributed by atoms with Gasteiger partial charge in [0.05, 0.1) is 11.0 Å². The van der Waals surface area contributed by atoms with Crippen LogP contribution in [-0.4, -0.2) is 15.6 Å². The Morgan fingerprint density at radius 3 is 2.94 bits per heavy atom. The van der Waals surface area contributed by atoms with Gasteiger partial charge in [-0.2, -0.15) is 0 Å². The van der Waals surface area contributed by atoms with Crippen molar-refractivity contribution in [2.24, 2.45) is 5.92 Å². The largest absolute Gasteiger partial charge is 0.312 e. The van der Waals surface area contributed by atoms with Crippen molar-refractivity contribution in [1.82, 2.24) is 9.88 Å². The molecule has 2 aliphatic rings. The Balaban J connectivity index is 2.13. The predicted octanol–water partition coefficient (Wildman–Crippen LogP) is 1.68. The van der Waals surface area contributed by atoms with Gasteiger partial charge in [-0.05, 0) is 12.5 Å². The summed E-state index contributed by atoms with van der Waals surface area (Å²) < 4.78 is 1.81. The van der Waals surface area contributed by atoms with E-state index in [2.05, 4.69) is 5.32 Å². The second kappa shape index (κ2) is 3.76. The van der Waals surface area contributed by atoms with Crippen molar-refractivity contribution < 1.29 is 0 Å². The first-order valence-electron chi connectivity index (χ1n) is 5.41. The Bertz CT molecular complexity index is 473. The molecule has 0 aliphatic carbocycles. The summed E-state index contributed by atoms with van der Waals surface area (Å²) in [7, 11) is 0. The maximum Gasteiger partial charge on any atom is 0.250 e. The van der Waals surface area contributed by atoms with Crippen LogP contribution in [0.2, 0.25) is 0 Å². The van der Waals surface area contributed by atoms with Crippen molar-refractivity contribution in [1.29, 1.82) is 0 Å². The lowest BCUT2D eigenvalue weighted by molar-refractivity contribution is 0.222. The number of nitrogens with zero attached hydrogens (tertiary/aromatic N) is 1. The number of halogens is 2. The number of hydrogen-bond acceptors (Lipinski definition) is 2. The van der Waals surface area contributed by atoms with Gasteiger partial charge < -0.3 is 4.57 Å². The SMILES string of the molecule is O=c1cccc2n1CC1CC2C(Cl)NC1Cl. The van der Waals surface area contributed by atoms with E-state index < -0.39 is 0 Å². The molecule has 2 aliphatic heterocycles. The average Bonchev–Trinajstić information content (AvgIpc) is 2.27. The number of hydrogen-bond donors (Lipinski definition) is 1. The molecule has 16 heavy (non-hydrogen) atoms. The molecule has 1 N–H and O–H groups in total. The van der Waals surface area contributed by atoms with Crippen molar-refractivity contribution in [2.75, 3.05) is 0 Å². The molecular formula is C11H12Cl2N2O. The molecular weight excluding hydrogens is 247 g/mol. The van der Waals surface area contributed by atoms with Gasteiger partial charge in [0.15, 0.2) is 0 Å². The highest BCUT2D eigenvalue weighted by molar-refractivity contribution is 6.23. The first kappa shape index (κ1) is 10.6. The van der Waals surface area contributed by atoms with Gasteiger partial charge in [0.25, 0.3) is 5.56 Å². The van der Waals surface area contributed by atoms with Gasteiger partial charge in [-0.25, -0.2) is 0 Å². The second-order valence-corrected chi connectivity index (χ2v) is 5.41. The van der Waals surface area contributed by atoms with Gasteiger partial charge in [-0.1, -0.05) is 6.07 Å². The molecule has 5 heteroatoms. The molecule has 0 radical (unpaired) electrons. The standard InChI is InChI=1S/C11H12Cl2N2O/c12-10-6-4-7(11(13)14-10)8-2-1-3-9(16)15(8)5-6/h1-3,6-7,10-11,14H,4-5H2. The monoisotopic (exact) mass is 258 g/mol. The molecule has 0 aromatic carbocycles. The highest BCUT2D eigenvalue weighted by Crippen LogP contribution is 2.39. The fourth-order valence-electron chi connectivity index (χ4n) is 2.70. The number of pyridine rings is 1.